The molecule has 0 fully saturated rings. The summed E-state index contributed by atoms with van der Waals surface area (Å²) in [6.07, 6.45) is 20.3. The lowest BCUT2D eigenvalue weighted by molar-refractivity contribution is -0.0316. The molecule has 6 nitrogen and oxygen atoms in total. The number of hydrogen-bond donors (Lipinski definition) is 2. The molecular formula is C31H53NO5. The van der Waals surface area contributed by atoms with Gasteiger partial charge in [-0.05, 0) is 63.3 Å². The molecule has 0 aliphatic carbocycles. The van der Waals surface area contributed by atoms with Gasteiger partial charge in [-0.3, -0.25) is 4.79 Å². The summed E-state index contributed by atoms with van der Waals surface area (Å²) in [6.45, 7) is 5.74. The fraction of sp³-hybridized carbons (Fsp3) is 0.710. The van der Waals surface area contributed by atoms with Gasteiger partial charge in [-0.1, -0.05) is 76.9 Å². The first kappa shape index (κ1) is 33.1. The van der Waals surface area contributed by atoms with Crippen LogP contribution in [0.25, 0.3) is 0 Å². The van der Waals surface area contributed by atoms with Gasteiger partial charge in [0.15, 0.2) is 0 Å². The van der Waals surface area contributed by atoms with Crippen LogP contribution in [0.4, 0.5) is 0 Å². The molecule has 0 aromatic heterocycles. The standard InChI is InChI=1S/C31H53NO5/c1-4-5-6-7-8-9-10-11-12-13-14-16-19-30(33)27(2)32-31(34)28-20-22-29(23-21-28)37-25-18-15-17-24-36-26-35-3/h16,19-23,27,30,33H,4-15,17-18,24-26H2,1-3H3,(H,32,34)/b19-16+/t27-,30-/m1/s1. The third-order valence-corrected chi connectivity index (χ3v) is 6.45. The summed E-state index contributed by atoms with van der Waals surface area (Å²) in [5.74, 6) is 0.549. The molecule has 6 heteroatoms. The Kier molecular flexibility index (Phi) is 20.8. The number of methoxy groups -OCH3 is 1. The smallest absolute Gasteiger partial charge is 0.251 e. The van der Waals surface area contributed by atoms with E-state index < -0.39 is 6.10 Å². The first-order valence-electron chi connectivity index (χ1n) is 14.5. The van der Waals surface area contributed by atoms with Gasteiger partial charge in [-0.25, -0.2) is 0 Å². The Hall–Kier alpha value is -1.89. The number of ether oxygens (including phenoxy) is 3. The lowest BCUT2D eigenvalue weighted by Gasteiger charge is -2.17. The Balaban J connectivity index is 2.14. The summed E-state index contributed by atoms with van der Waals surface area (Å²) in [7, 11) is 1.62. The summed E-state index contributed by atoms with van der Waals surface area (Å²) in [4.78, 5) is 12.5. The number of rotatable bonds is 24. The van der Waals surface area contributed by atoms with E-state index in [9.17, 15) is 9.90 Å². The van der Waals surface area contributed by atoms with Gasteiger partial charge < -0.3 is 24.6 Å². The normalized spacial score (nSPS) is 13.1. The molecule has 0 aliphatic heterocycles. The van der Waals surface area contributed by atoms with Crippen LogP contribution in [-0.4, -0.2) is 50.3 Å². The first-order valence-corrected chi connectivity index (χ1v) is 14.5. The van der Waals surface area contributed by atoms with Gasteiger partial charge in [-0.15, -0.1) is 0 Å². The Labute approximate surface area is 226 Å². The number of carbonyl (C=O) groups excluding carboxylic acids is 1. The molecule has 0 spiro atoms. The van der Waals surface area contributed by atoms with Gasteiger partial charge >= 0.3 is 0 Å². The molecule has 0 unspecified atom stereocenters. The third-order valence-electron chi connectivity index (χ3n) is 6.45. The quantitative estimate of drug-likeness (QED) is 0.0858. The van der Waals surface area contributed by atoms with E-state index in [2.05, 4.69) is 12.2 Å². The van der Waals surface area contributed by atoms with Crippen LogP contribution >= 0.6 is 0 Å². The van der Waals surface area contributed by atoms with Crippen LogP contribution in [0.2, 0.25) is 0 Å². The second-order valence-corrected chi connectivity index (χ2v) is 9.90. The molecule has 1 aromatic rings. The van der Waals surface area contributed by atoms with Gasteiger partial charge in [0.05, 0.1) is 18.8 Å². The van der Waals surface area contributed by atoms with E-state index in [1.165, 1.54) is 57.8 Å². The van der Waals surface area contributed by atoms with E-state index in [1.54, 1.807) is 25.3 Å². The van der Waals surface area contributed by atoms with Crippen LogP contribution in [0.15, 0.2) is 36.4 Å². The van der Waals surface area contributed by atoms with Crippen molar-refractivity contribution in [3.63, 3.8) is 0 Å². The van der Waals surface area contributed by atoms with Crippen molar-refractivity contribution in [2.45, 2.75) is 116 Å². The molecule has 0 aliphatic rings. The molecule has 1 rings (SSSR count). The van der Waals surface area contributed by atoms with Crippen molar-refractivity contribution in [1.29, 1.82) is 0 Å². The molecule has 1 aromatic carbocycles. The van der Waals surface area contributed by atoms with Crippen LogP contribution in [0, 0.1) is 0 Å². The minimum atomic E-state index is -0.699. The second kappa shape index (κ2) is 23.2. The van der Waals surface area contributed by atoms with E-state index in [1.807, 2.05) is 25.1 Å². The molecule has 2 atom stereocenters. The minimum absolute atomic E-state index is 0.197. The number of carbonyl (C=O) groups is 1. The highest BCUT2D eigenvalue weighted by Gasteiger charge is 2.15. The number of aliphatic hydroxyl groups is 1. The fourth-order valence-electron chi connectivity index (χ4n) is 4.05. The van der Waals surface area contributed by atoms with Crippen LogP contribution in [0.1, 0.15) is 114 Å². The number of aliphatic hydroxyl groups excluding tert-OH is 1. The summed E-state index contributed by atoms with van der Waals surface area (Å²) in [6, 6.07) is 6.77. The minimum Gasteiger partial charge on any atom is -0.494 e. The predicted octanol–water partition coefficient (Wildman–Crippen LogP) is 7.20. The summed E-state index contributed by atoms with van der Waals surface area (Å²) < 4.78 is 15.9. The lowest BCUT2D eigenvalue weighted by atomic mass is 10.1. The summed E-state index contributed by atoms with van der Waals surface area (Å²) >= 11 is 0. The van der Waals surface area contributed by atoms with Crippen LogP contribution in [-0.2, 0) is 9.47 Å². The van der Waals surface area contributed by atoms with Gasteiger partial charge in [0.1, 0.15) is 12.5 Å². The molecular weight excluding hydrogens is 466 g/mol. The predicted molar refractivity (Wildman–Crippen MR) is 152 cm³/mol. The zero-order valence-electron chi connectivity index (χ0n) is 23.7. The van der Waals surface area contributed by atoms with E-state index in [0.29, 0.717) is 25.6 Å². The Morgan fingerprint density at radius 3 is 2.14 bits per heavy atom. The number of benzene rings is 1. The maximum atomic E-state index is 12.5. The molecule has 0 saturated carbocycles. The number of nitrogens with one attached hydrogen (secondary N) is 1. The monoisotopic (exact) mass is 519 g/mol. The van der Waals surface area contributed by atoms with Gasteiger partial charge in [0.2, 0.25) is 0 Å². The molecule has 0 heterocycles. The molecule has 212 valence electrons. The average molecular weight is 520 g/mol. The zero-order valence-corrected chi connectivity index (χ0v) is 23.7. The van der Waals surface area contributed by atoms with Gasteiger partial charge in [0, 0.05) is 19.3 Å². The first-order chi connectivity index (χ1) is 18.1. The van der Waals surface area contributed by atoms with Crippen molar-refractivity contribution in [1.82, 2.24) is 5.32 Å². The number of allylic oxidation sites excluding steroid dienone is 1. The number of unbranched alkanes of at least 4 members (excludes halogenated alkanes) is 12. The van der Waals surface area contributed by atoms with E-state index >= 15 is 0 Å². The highest BCUT2D eigenvalue weighted by Crippen LogP contribution is 2.14. The molecule has 1 amide bonds. The van der Waals surface area contributed by atoms with Crippen molar-refractivity contribution in [2.75, 3.05) is 27.1 Å². The van der Waals surface area contributed by atoms with E-state index in [-0.39, 0.29) is 11.9 Å². The van der Waals surface area contributed by atoms with E-state index in [0.717, 1.165) is 37.9 Å². The zero-order chi connectivity index (χ0) is 27.0. The molecule has 2 N–H and O–H groups in total. The van der Waals surface area contributed by atoms with E-state index in [4.69, 9.17) is 14.2 Å². The molecule has 37 heavy (non-hydrogen) atoms. The van der Waals surface area contributed by atoms with Gasteiger partial charge in [0.25, 0.3) is 5.91 Å². The van der Waals surface area contributed by atoms with Crippen molar-refractivity contribution >= 4 is 5.91 Å². The SMILES string of the molecule is CCCCCCCCCCCC/C=C/[C@@H](O)[C@@H](C)NC(=O)c1ccc(OCCCCCOCOC)cc1. The molecule has 0 saturated heterocycles. The highest BCUT2D eigenvalue weighted by atomic mass is 16.7. The Morgan fingerprint density at radius 2 is 1.49 bits per heavy atom. The van der Waals surface area contributed by atoms with Gasteiger partial charge in [-0.2, -0.15) is 0 Å². The third kappa shape index (κ3) is 18.1. The summed E-state index contributed by atoms with van der Waals surface area (Å²) in [5, 5.41) is 13.3. The van der Waals surface area contributed by atoms with Crippen LogP contribution < -0.4 is 10.1 Å². The van der Waals surface area contributed by atoms with Crippen molar-refractivity contribution < 1.29 is 24.1 Å². The van der Waals surface area contributed by atoms with Crippen molar-refractivity contribution in [2.24, 2.45) is 0 Å². The number of hydrogen-bond acceptors (Lipinski definition) is 5. The van der Waals surface area contributed by atoms with Crippen molar-refractivity contribution in [3.05, 3.63) is 42.0 Å². The fourth-order valence-corrected chi connectivity index (χ4v) is 4.05. The largest absolute Gasteiger partial charge is 0.494 e. The Morgan fingerprint density at radius 1 is 0.892 bits per heavy atom. The average Bonchev–Trinajstić information content (AvgIpc) is 2.91. The molecule has 0 bridgehead atoms. The Bertz CT molecular complexity index is 691. The topological polar surface area (TPSA) is 77.0 Å². The second-order valence-electron chi connectivity index (χ2n) is 9.90. The van der Waals surface area contributed by atoms with Crippen LogP contribution in [0.5, 0.6) is 5.75 Å². The highest BCUT2D eigenvalue weighted by molar-refractivity contribution is 5.94. The maximum absolute atomic E-state index is 12.5. The van der Waals surface area contributed by atoms with Crippen molar-refractivity contribution in [3.8, 4) is 5.75 Å². The molecule has 0 radical (unpaired) electrons. The summed E-state index contributed by atoms with van der Waals surface area (Å²) in [5.41, 5.74) is 0.552. The van der Waals surface area contributed by atoms with Crippen LogP contribution in [0.3, 0.4) is 0 Å². The lowest BCUT2D eigenvalue weighted by Crippen LogP contribution is -2.40. The maximum Gasteiger partial charge on any atom is 0.251 e. The number of amides is 1.